The van der Waals surface area contributed by atoms with Gasteiger partial charge in [-0.3, -0.25) is 4.90 Å². The molecule has 2 heterocycles. The number of carbonyl (C=O) groups is 2. The lowest BCUT2D eigenvalue weighted by atomic mass is 10.2. The molecule has 2 aromatic carbocycles. The summed E-state index contributed by atoms with van der Waals surface area (Å²) in [6.07, 6.45) is 1.94. The zero-order valence-electron chi connectivity index (χ0n) is 19.2. The molecular formula is C23H26ClN7O4. The zero-order chi connectivity index (χ0) is 24.9. The van der Waals surface area contributed by atoms with Crippen LogP contribution in [-0.2, 0) is 11.3 Å². The number of urea groups is 2. The quantitative estimate of drug-likeness (QED) is 0.395. The van der Waals surface area contributed by atoms with Crippen LogP contribution in [0.4, 0.5) is 15.3 Å². The topological polar surface area (TPSA) is 125 Å². The van der Waals surface area contributed by atoms with Crippen LogP contribution in [0.2, 0.25) is 5.02 Å². The molecule has 2 aliphatic heterocycles. The van der Waals surface area contributed by atoms with E-state index in [9.17, 15) is 9.59 Å². The van der Waals surface area contributed by atoms with Gasteiger partial charge >= 0.3 is 12.1 Å². The van der Waals surface area contributed by atoms with Crippen LogP contribution in [0.25, 0.3) is 0 Å². The number of hydrogen-bond acceptors (Lipinski definition) is 8. The van der Waals surface area contributed by atoms with Crippen LogP contribution >= 0.6 is 11.6 Å². The Kier molecular flexibility index (Phi) is 7.39. The first-order chi connectivity index (χ1) is 16.9. The van der Waals surface area contributed by atoms with Crippen molar-refractivity contribution in [1.29, 1.82) is 0 Å². The molecule has 4 N–H and O–H groups in total. The predicted octanol–water partition coefficient (Wildman–Crippen LogP) is 3.11. The molecular weight excluding hydrogens is 474 g/mol. The van der Waals surface area contributed by atoms with Crippen molar-refractivity contribution in [3.8, 4) is 5.75 Å². The second-order valence-electron chi connectivity index (χ2n) is 7.67. The molecule has 2 aromatic rings. The summed E-state index contributed by atoms with van der Waals surface area (Å²) >= 11 is 5.99. The van der Waals surface area contributed by atoms with E-state index >= 15 is 0 Å². The van der Waals surface area contributed by atoms with Gasteiger partial charge in [0.2, 0.25) is 18.5 Å². The van der Waals surface area contributed by atoms with E-state index in [0.717, 1.165) is 15.5 Å². The number of carbonyl (C=O) groups excluding carboxylic acids is 2. The van der Waals surface area contributed by atoms with Gasteiger partial charge in [0, 0.05) is 36.6 Å². The van der Waals surface area contributed by atoms with E-state index in [2.05, 4.69) is 15.6 Å². The van der Waals surface area contributed by atoms with Crippen molar-refractivity contribution in [2.45, 2.75) is 26.1 Å². The number of hydrogen-bond donors (Lipinski definition) is 3. The summed E-state index contributed by atoms with van der Waals surface area (Å²) in [5.41, 5.74) is 1.46. The zero-order valence-corrected chi connectivity index (χ0v) is 20.0. The first-order valence-electron chi connectivity index (χ1n) is 10.9. The van der Waals surface area contributed by atoms with Crippen molar-refractivity contribution in [2.24, 2.45) is 10.8 Å². The van der Waals surface area contributed by atoms with E-state index in [1.807, 2.05) is 12.1 Å². The molecule has 1 fully saturated rings. The summed E-state index contributed by atoms with van der Waals surface area (Å²) in [5.74, 6) is 7.08. The van der Waals surface area contributed by atoms with Gasteiger partial charge in [-0.15, -0.1) is 0 Å². The Morgan fingerprint density at radius 2 is 1.83 bits per heavy atom. The Balaban J connectivity index is 1.52. The molecule has 0 aromatic heterocycles. The second-order valence-corrected chi connectivity index (χ2v) is 8.11. The molecule has 2 unspecified atom stereocenters. The van der Waals surface area contributed by atoms with Crippen molar-refractivity contribution < 1.29 is 19.1 Å². The van der Waals surface area contributed by atoms with Gasteiger partial charge in [0.05, 0.1) is 6.54 Å². The van der Waals surface area contributed by atoms with Gasteiger partial charge in [-0.05, 0) is 48.9 Å². The highest BCUT2D eigenvalue weighted by Crippen LogP contribution is 2.24. The van der Waals surface area contributed by atoms with Gasteiger partial charge in [-0.1, -0.05) is 23.7 Å². The minimum atomic E-state index is -0.917. The third-order valence-corrected chi connectivity index (χ3v) is 5.63. The molecule has 0 aliphatic carbocycles. The highest BCUT2D eigenvalue weighted by molar-refractivity contribution is 6.30. The molecule has 184 valence electrons. The molecule has 4 rings (SSSR count). The predicted molar refractivity (Wildman–Crippen MR) is 131 cm³/mol. The van der Waals surface area contributed by atoms with Crippen LogP contribution in [0.3, 0.4) is 0 Å². The number of hydrazine groups is 1. The number of aliphatic imine (C=N–C) groups is 1. The molecule has 0 spiro atoms. The number of methoxy groups -OCH3 is 1. The molecule has 4 amide bonds. The van der Waals surface area contributed by atoms with Crippen molar-refractivity contribution in [3.05, 3.63) is 71.4 Å². The van der Waals surface area contributed by atoms with Crippen molar-refractivity contribution in [3.63, 3.8) is 0 Å². The smallest absolute Gasteiger partial charge is 0.345 e. The number of amides is 4. The largest absolute Gasteiger partial charge is 0.439 e. The van der Waals surface area contributed by atoms with Crippen LogP contribution in [0.1, 0.15) is 12.5 Å². The van der Waals surface area contributed by atoms with Gasteiger partial charge in [0.25, 0.3) is 0 Å². The Hall–Kier alpha value is -3.80. The fourth-order valence-corrected chi connectivity index (χ4v) is 3.69. The van der Waals surface area contributed by atoms with Gasteiger partial charge in [0.15, 0.2) is 0 Å². The Bertz CT molecular complexity index is 1120. The maximum absolute atomic E-state index is 13.1. The maximum Gasteiger partial charge on any atom is 0.345 e. The maximum atomic E-state index is 13.1. The SMILES string of the molecule is CCN1C(=O)N(N)C(Nc2ccc(OC3=NC(OC)NC=C3)cc2)N(Cc2ccc(Cl)cc2)C1=O. The van der Waals surface area contributed by atoms with Crippen molar-refractivity contribution in [2.75, 3.05) is 19.0 Å². The summed E-state index contributed by atoms with van der Waals surface area (Å²) in [5, 5.41) is 7.68. The number of ether oxygens (including phenoxy) is 2. The normalized spacial score (nSPS) is 20.0. The van der Waals surface area contributed by atoms with Crippen LogP contribution in [0, 0.1) is 0 Å². The summed E-state index contributed by atoms with van der Waals surface area (Å²) in [6.45, 7) is 2.12. The van der Waals surface area contributed by atoms with Crippen LogP contribution in [0.5, 0.6) is 5.75 Å². The van der Waals surface area contributed by atoms with Crippen molar-refractivity contribution >= 4 is 35.2 Å². The van der Waals surface area contributed by atoms with E-state index < -0.39 is 24.7 Å². The molecule has 0 radical (unpaired) electrons. The number of rotatable bonds is 7. The minimum absolute atomic E-state index is 0.193. The third-order valence-electron chi connectivity index (χ3n) is 5.37. The van der Waals surface area contributed by atoms with Crippen LogP contribution in [0.15, 0.2) is 65.8 Å². The summed E-state index contributed by atoms with van der Waals surface area (Å²) < 4.78 is 10.9. The number of halogens is 1. The van der Waals surface area contributed by atoms with Gasteiger partial charge in [0.1, 0.15) is 5.75 Å². The summed E-state index contributed by atoms with van der Waals surface area (Å²) in [6, 6.07) is 13.1. The highest BCUT2D eigenvalue weighted by atomic mass is 35.5. The molecule has 2 atom stereocenters. The lowest BCUT2D eigenvalue weighted by molar-refractivity contribution is 0.0390. The Morgan fingerprint density at radius 3 is 2.49 bits per heavy atom. The van der Waals surface area contributed by atoms with Crippen molar-refractivity contribution in [1.82, 2.24) is 20.1 Å². The molecule has 2 aliphatic rings. The van der Waals surface area contributed by atoms with Gasteiger partial charge < -0.3 is 20.1 Å². The van der Waals surface area contributed by atoms with Crippen LogP contribution in [-0.4, -0.2) is 59.1 Å². The van der Waals surface area contributed by atoms with E-state index in [1.54, 1.807) is 55.6 Å². The van der Waals surface area contributed by atoms with Gasteiger partial charge in [-0.25, -0.2) is 25.3 Å². The average molecular weight is 500 g/mol. The number of imide groups is 1. The van der Waals surface area contributed by atoms with Gasteiger partial charge in [-0.2, -0.15) is 4.99 Å². The monoisotopic (exact) mass is 499 g/mol. The Morgan fingerprint density at radius 1 is 1.11 bits per heavy atom. The number of nitrogens with zero attached hydrogens (tertiary/aromatic N) is 4. The molecule has 1 saturated heterocycles. The van der Waals surface area contributed by atoms with E-state index in [0.29, 0.717) is 22.4 Å². The molecule has 0 bridgehead atoms. The summed E-state index contributed by atoms with van der Waals surface area (Å²) in [7, 11) is 1.54. The number of benzene rings is 2. The lowest BCUT2D eigenvalue weighted by Gasteiger charge is -2.45. The Labute approximate surface area is 207 Å². The molecule has 35 heavy (non-hydrogen) atoms. The molecule has 12 heteroatoms. The highest BCUT2D eigenvalue weighted by Gasteiger charge is 2.42. The fraction of sp³-hybridized carbons (Fsp3) is 0.261. The number of nitrogens with one attached hydrogen (secondary N) is 2. The minimum Gasteiger partial charge on any atom is -0.439 e. The number of anilines is 1. The summed E-state index contributed by atoms with van der Waals surface area (Å²) in [4.78, 5) is 32.7. The first-order valence-corrected chi connectivity index (χ1v) is 11.3. The lowest BCUT2D eigenvalue weighted by Crippen LogP contribution is -2.70. The standard InChI is InChI=1S/C23H26ClN7O4/c1-3-29-22(32)30(14-15-4-6-16(24)7-5-15)21(31(25)23(29)33)27-17-8-10-18(11-9-17)35-19-12-13-26-20(28-19)34-2/h4-13,20-21,26-27H,3,14,25H2,1-2H3. The van der Waals surface area contributed by atoms with E-state index in [4.69, 9.17) is 26.9 Å². The van der Waals surface area contributed by atoms with E-state index in [-0.39, 0.29) is 13.1 Å². The average Bonchev–Trinajstić information content (AvgIpc) is 2.87. The second kappa shape index (κ2) is 10.6. The first kappa shape index (κ1) is 24.3. The number of nitrogens with two attached hydrogens (primary N) is 1. The molecule has 0 saturated carbocycles. The third kappa shape index (κ3) is 5.48. The fourth-order valence-electron chi connectivity index (χ4n) is 3.56. The molecule has 11 nitrogen and oxygen atoms in total. The van der Waals surface area contributed by atoms with E-state index in [1.165, 1.54) is 12.0 Å². The van der Waals surface area contributed by atoms with Crippen LogP contribution < -0.4 is 21.2 Å².